The van der Waals surface area contributed by atoms with Crippen molar-refractivity contribution in [2.75, 3.05) is 17.6 Å². The number of nitrogens with zero attached hydrogens (tertiary/aromatic N) is 3. The molecule has 0 aliphatic heterocycles. The molecule has 7 heteroatoms. The largest absolute Gasteiger partial charge is 0.397 e. The lowest BCUT2D eigenvalue weighted by molar-refractivity contribution is 0.100. The van der Waals surface area contributed by atoms with Crippen LogP contribution in [0, 0.1) is 0 Å². The minimum absolute atomic E-state index is 0.277. The Hall–Kier alpha value is -2.57. The number of amides is 1. The van der Waals surface area contributed by atoms with E-state index < -0.39 is 5.91 Å². The van der Waals surface area contributed by atoms with Crippen molar-refractivity contribution < 1.29 is 4.79 Å². The van der Waals surface area contributed by atoms with Crippen LogP contribution in [-0.2, 0) is 13.5 Å². The minimum atomic E-state index is -0.560. The molecule has 0 radical (unpaired) electrons. The predicted octanol–water partition coefficient (Wildman–Crippen LogP) is 0.151. The van der Waals surface area contributed by atoms with Crippen molar-refractivity contribution in [3.05, 3.63) is 35.8 Å². The summed E-state index contributed by atoms with van der Waals surface area (Å²) in [6.45, 7) is 0.681. The van der Waals surface area contributed by atoms with Crippen LogP contribution in [0.15, 0.2) is 24.7 Å². The molecular weight excluding hydrogens is 244 g/mol. The van der Waals surface area contributed by atoms with E-state index in [1.165, 1.54) is 6.20 Å². The minimum Gasteiger partial charge on any atom is -0.397 e. The summed E-state index contributed by atoms with van der Waals surface area (Å²) in [5.74, 6) is 0.0158. The zero-order chi connectivity index (χ0) is 13.8. The summed E-state index contributed by atoms with van der Waals surface area (Å²) < 4.78 is 1.75. The van der Waals surface area contributed by atoms with Gasteiger partial charge in [-0.25, -0.2) is 4.98 Å². The fourth-order valence-corrected chi connectivity index (χ4v) is 1.71. The quantitative estimate of drug-likeness (QED) is 0.708. The van der Waals surface area contributed by atoms with Gasteiger partial charge >= 0.3 is 0 Å². The summed E-state index contributed by atoms with van der Waals surface area (Å²) in [5, 5.41) is 7.20. The van der Waals surface area contributed by atoms with Gasteiger partial charge in [0, 0.05) is 19.8 Å². The Kier molecular flexibility index (Phi) is 3.65. The molecular formula is C12H16N6O. The highest BCUT2D eigenvalue weighted by molar-refractivity contribution is 5.98. The van der Waals surface area contributed by atoms with E-state index in [1.54, 1.807) is 10.7 Å². The maximum atomic E-state index is 11.1. The fraction of sp³-hybridized carbons (Fsp3) is 0.250. The number of nitrogens with two attached hydrogens (primary N) is 2. The molecule has 19 heavy (non-hydrogen) atoms. The third-order valence-electron chi connectivity index (χ3n) is 2.68. The van der Waals surface area contributed by atoms with Crippen LogP contribution in [0.3, 0.4) is 0 Å². The molecule has 0 unspecified atom stereocenters. The number of carbonyl (C=O) groups is 1. The lowest BCUT2D eigenvalue weighted by Gasteiger charge is -2.07. The first-order valence-electron chi connectivity index (χ1n) is 5.83. The number of nitrogens with one attached hydrogen (secondary N) is 1. The number of pyridine rings is 1. The Balaban J connectivity index is 1.96. The first-order valence-corrected chi connectivity index (χ1v) is 5.83. The Morgan fingerprint density at radius 2 is 2.26 bits per heavy atom. The zero-order valence-corrected chi connectivity index (χ0v) is 10.6. The van der Waals surface area contributed by atoms with E-state index in [0.29, 0.717) is 12.4 Å². The highest BCUT2D eigenvalue weighted by Crippen LogP contribution is 2.14. The topological polar surface area (TPSA) is 112 Å². The lowest BCUT2D eigenvalue weighted by atomic mass is 10.2. The molecule has 2 rings (SSSR count). The number of hydrogen-bond acceptors (Lipinski definition) is 5. The van der Waals surface area contributed by atoms with Gasteiger partial charge in [-0.05, 0) is 18.1 Å². The van der Waals surface area contributed by atoms with Crippen LogP contribution >= 0.6 is 0 Å². The van der Waals surface area contributed by atoms with E-state index in [2.05, 4.69) is 15.4 Å². The average Bonchev–Trinajstić information content (AvgIpc) is 2.77. The first-order chi connectivity index (χ1) is 9.06. The van der Waals surface area contributed by atoms with Crippen molar-refractivity contribution >= 4 is 17.4 Å². The number of carbonyl (C=O) groups excluding carboxylic acids is 1. The Morgan fingerprint density at radius 1 is 1.47 bits per heavy atom. The lowest BCUT2D eigenvalue weighted by Crippen LogP contribution is -2.15. The Labute approximate surface area is 110 Å². The van der Waals surface area contributed by atoms with E-state index in [9.17, 15) is 4.79 Å². The summed E-state index contributed by atoms with van der Waals surface area (Å²) in [7, 11) is 1.87. The van der Waals surface area contributed by atoms with E-state index in [0.717, 1.165) is 12.0 Å². The van der Waals surface area contributed by atoms with E-state index in [1.807, 2.05) is 19.4 Å². The summed E-state index contributed by atoms with van der Waals surface area (Å²) >= 11 is 0. The fourth-order valence-electron chi connectivity index (χ4n) is 1.71. The van der Waals surface area contributed by atoms with Gasteiger partial charge in [0.2, 0.25) is 0 Å². The van der Waals surface area contributed by atoms with Crippen LogP contribution in [0.4, 0.5) is 11.5 Å². The highest BCUT2D eigenvalue weighted by atomic mass is 16.1. The number of anilines is 2. The number of primary amides is 1. The number of nitrogen functional groups attached to an aromatic ring is 1. The molecule has 2 heterocycles. The Morgan fingerprint density at radius 3 is 2.89 bits per heavy atom. The number of hydrogen-bond donors (Lipinski definition) is 3. The average molecular weight is 260 g/mol. The van der Waals surface area contributed by atoms with Gasteiger partial charge in [0.1, 0.15) is 5.82 Å². The molecule has 0 saturated heterocycles. The molecule has 0 saturated carbocycles. The molecule has 0 spiro atoms. The van der Waals surface area contributed by atoms with Gasteiger partial charge in [-0.15, -0.1) is 0 Å². The summed E-state index contributed by atoms with van der Waals surface area (Å²) in [6, 6.07) is 1.56. The van der Waals surface area contributed by atoms with Crippen molar-refractivity contribution in [2.24, 2.45) is 12.8 Å². The van der Waals surface area contributed by atoms with Crippen molar-refractivity contribution in [3.63, 3.8) is 0 Å². The molecule has 0 aromatic carbocycles. The van der Waals surface area contributed by atoms with Crippen molar-refractivity contribution in [2.45, 2.75) is 6.42 Å². The first kappa shape index (κ1) is 12.9. The van der Waals surface area contributed by atoms with Crippen molar-refractivity contribution in [1.82, 2.24) is 14.8 Å². The van der Waals surface area contributed by atoms with Crippen LogP contribution in [-0.4, -0.2) is 27.2 Å². The summed E-state index contributed by atoms with van der Waals surface area (Å²) in [4.78, 5) is 15.2. The second-order valence-corrected chi connectivity index (χ2v) is 4.22. The maximum Gasteiger partial charge on any atom is 0.250 e. The number of aromatic nitrogens is 3. The van der Waals surface area contributed by atoms with E-state index in [-0.39, 0.29) is 11.3 Å². The maximum absolute atomic E-state index is 11.1. The third-order valence-corrected chi connectivity index (χ3v) is 2.68. The van der Waals surface area contributed by atoms with Crippen LogP contribution < -0.4 is 16.8 Å². The second kappa shape index (κ2) is 5.38. The van der Waals surface area contributed by atoms with Crippen LogP contribution in [0.2, 0.25) is 0 Å². The van der Waals surface area contributed by atoms with Gasteiger partial charge in [-0.2, -0.15) is 5.10 Å². The SMILES string of the molecule is Cn1cc(CCNc2cc(C(N)=O)c(N)cn2)cn1. The van der Waals surface area contributed by atoms with E-state index in [4.69, 9.17) is 11.5 Å². The van der Waals surface area contributed by atoms with Gasteiger partial charge < -0.3 is 16.8 Å². The molecule has 7 nitrogen and oxygen atoms in total. The normalized spacial score (nSPS) is 10.4. The van der Waals surface area contributed by atoms with Crippen LogP contribution in [0.1, 0.15) is 15.9 Å². The third kappa shape index (κ3) is 3.21. The molecule has 2 aromatic heterocycles. The highest BCUT2D eigenvalue weighted by Gasteiger charge is 2.07. The van der Waals surface area contributed by atoms with Crippen LogP contribution in [0.25, 0.3) is 0 Å². The van der Waals surface area contributed by atoms with Gasteiger partial charge in [-0.1, -0.05) is 0 Å². The summed E-state index contributed by atoms with van der Waals surface area (Å²) in [5.41, 5.74) is 12.5. The van der Waals surface area contributed by atoms with Gasteiger partial charge in [0.25, 0.3) is 5.91 Å². The monoisotopic (exact) mass is 260 g/mol. The molecule has 0 aliphatic carbocycles. The molecule has 100 valence electrons. The molecule has 5 N–H and O–H groups in total. The number of aryl methyl sites for hydroxylation is 1. The van der Waals surface area contributed by atoms with Gasteiger partial charge in [-0.3, -0.25) is 9.48 Å². The molecule has 0 fully saturated rings. The van der Waals surface area contributed by atoms with Gasteiger partial charge in [0.05, 0.1) is 23.6 Å². The number of rotatable bonds is 5. The van der Waals surface area contributed by atoms with Crippen molar-refractivity contribution in [3.8, 4) is 0 Å². The zero-order valence-electron chi connectivity index (χ0n) is 10.6. The molecule has 1 amide bonds. The molecule has 0 aliphatic rings. The van der Waals surface area contributed by atoms with Gasteiger partial charge in [0.15, 0.2) is 0 Å². The summed E-state index contributed by atoms with van der Waals surface area (Å²) in [6.07, 6.45) is 6.00. The van der Waals surface area contributed by atoms with Crippen LogP contribution in [0.5, 0.6) is 0 Å². The second-order valence-electron chi connectivity index (χ2n) is 4.22. The van der Waals surface area contributed by atoms with Crippen molar-refractivity contribution in [1.29, 1.82) is 0 Å². The molecule has 0 atom stereocenters. The standard InChI is InChI=1S/C12H16N6O/c1-18-7-8(5-17-18)2-3-15-11-4-9(12(14)19)10(13)6-16-11/h4-7H,2-3,13H2,1H3,(H2,14,19)(H,15,16). The Bertz CT molecular complexity index is 592. The molecule has 2 aromatic rings. The molecule has 0 bridgehead atoms. The predicted molar refractivity (Wildman–Crippen MR) is 72.6 cm³/mol. The smallest absolute Gasteiger partial charge is 0.250 e. The van der Waals surface area contributed by atoms with E-state index >= 15 is 0 Å².